The van der Waals surface area contributed by atoms with Crippen LogP contribution in [0.15, 0.2) is 36.9 Å². The molecule has 2 heteroatoms. The van der Waals surface area contributed by atoms with Gasteiger partial charge in [-0.1, -0.05) is 30.3 Å². The quantitative estimate of drug-likeness (QED) is 0.527. The third kappa shape index (κ3) is 2.69. The monoisotopic (exact) mass is 192 g/mol. The fourth-order valence-electron chi connectivity index (χ4n) is 1.35. The van der Waals surface area contributed by atoms with Crippen molar-refractivity contribution in [3.8, 4) is 0 Å². The lowest BCUT2D eigenvalue weighted by molar-refractivity contribution is -0.106. The molecule has 2 nitrogen and oxygen atoms in total. The lowest BCUT2D eigenvalue weighted by atomic mass is 10.1. The van der Waals surface area contributed by atoms with Gasteiger partial charge in [-0.2, -0.15) is 0 Å². The van der Waals surface area contributed by atoms with Crippen molar-refractivity contribution in [3.05, 3.63) is 48.0 Å². The molecule has 1 aromatic rings. The minimum absolute atomic E-state index is 0.271. The second-order valence-corrected chi connectivity index (χ2v) is 3.04. The van der Waals surface area contributed by atoms with Crippen molar-refractivity contribution in [2.75, 3.05) is 14.2 Å². The molecular formula is C12H16O2. The van der Waals surface area contributed by atoms with Crippen LogP contribution in [0.1, 0.15) is 17.4 Å². The minimum Gasteiger partial charge on any atom is -0.352 e. The zero-order valence-electron chi connectivity index (χ0n) is 8.69. The fraction of sp³-hybridized carbons (Fsp3) is 0.333. The zero-order valence-corrected chi connectivity index (χ0v) is 8.69. The van der Waals surface area contributed by atoms with Crippen LogP contribution in [-0.4, -0.2) is 14.2 Å². The van der Waals surface area contributed by atoms with Crippen LogP contribution in [0.25, 0.3) is 0 Å². The Bertz CT molecular complexity index is 273. The molecule has 0 spiro atoms. The van der Waals surface area contributed by atoms with Crippen molar-refractivity contribution in [2.45, 2.75) is 12.7 Å². The Kier molecular flexibility index (Phi) is 4.36. The summed E-state index contributed by atoms with van der Waals surface area (Å²) in [4.78, 5) is 0. The topological polar surface area (TPSA) is 18.5 Å². The summed E-state index contributed by atoms with van der Waals surface area (Å²) in [5.74, 6) is 0. The smallest absolute Gasteiger partial charge is 0.183 e. The highest BCUT2D eigenvalue weighted by molar-refractivity contribution is 5.24. The van der Waals surface area contributed by atoms with Crippen molar-refractivity contribution in [3.63, 3.8) is 0 Å². The third-order valence-corrected chi connectivity index (χ3v) is 2.06. The summed E-state index contributed by atoms with van der Waals surface area (Å²) in [5, 5.41) is 0. The summed E-state index contributed by atoms with van der Waals surface area (Å²) in [6, 6.07) is 8.14. The molecule has 76 valence electrons. The Morgan fingerprint density at radius 2 is 1.79 bits per heavy atom. The van der Waals surface area contributed by atoms with E-state index in [1.54, 1.807) is 14.2 Å². The van der Waals surface area contributed by atoms with Gasteiger partial charge in [0.15, 0.2) is 6.29 Å². The van der Waals surface area contributed by atoms with E-state index in [4.69, 9.17) is 9.47 Å². The number of allylic oxidation sites excluding steroid dienone is 1. The molecule has 0 aliphatic rings. The van der Waals surface area contributed by atoms with Crippen LogP contribution in [0.5, 0.6) is 0 Å². The summed E-state index contributed by atoms with van der Waals surface area (Å²) in [5.41, 5.74) is 2.28. The molecule has 1 rings (SSSR count). The first-order valence-corrected chi connectivity index (χ1v) is 4.57. The van der Waals surface area contributed by atoms with E-state index >= 15 is 0 Å². The highest BCUT2D eigenvalue weighted by Gasteiger charge is 2.07. The predicted molar refractivity (Wildman–Crippen MR) is 57.1 cm³/mol. The molecule has 0 amide bonds. The zero-order chi connectivity index (χ0) is 10.4. The van der Waals surface area contributed by atoms with E-state index in [2.05, 4.69) is 18.7 Å². The van der Waals surface area contributed by atoms with E-state index < -0.39 is 0 Å². The summed E-state index contributed by atoms with van der Waals surface area (Å²) < 4.78 is 10.3. The van der Waals surface area contributed by atoms with Crippen molar-refractivity contribution in [1.82, 2.24) is 0 Å². The highest BCUT2D eigenvalue weighted by Crippen LogP contribution is 2.17. The molecule has 0 saturated carbocycles. The predicted octanol–water partition coefficient (Wildman–Crippen LogP) is 2.71. The minimum atomic E-state index is -0.271. The normalized spacial score (nSPS) is 10.5. The van der Waals surface area contributed by atoms with Gasteiger partial charge in [0, 0.05) is 19.8 Å². The lowest BCUT2D eigenvalue weighted by Gasteiger charge is -2.13. The molecule has 0 fully saturated rings. The second-order valence-electron chi connectivity index (χ2n) is 3.04. The van der Waals surface area contributed by atoms with Crippen LogP contribution in [0.3, 0.4) is 0 Å². The number of methoxy groups -OCH3 is 2. The van der Waals surface area contributed by atoms with Gasteiger partial charge in [0.25, 0.3) is 0 Å². The van der Waals surface area contributed by atoms with Crippen LogP contribution in [0.4, 0.5) is 0 Å². The lowest BCUT2D eigenvalue weighted by Crippen LogP contribution is -2.03. The molecular weight excluding hydrogens is 176 g/mol. The Morgan fingerprint density at radius 3 is 2.21 bits per heavy atom. The van der Waals surface area contributed by atoms with E-state index in [-0.39, 0.29) is 6.29 Å². The Balaban J connectivity index is 2.76. The molecule has 0 heterocycles. The summed E-state index contributed by atoms with van der Waals surface area (Å²) in [6.45, 7) is 3.70. The van der Waals surface area contributed by atoms with Crippen LogP contribution in [0, 0.1) is 0 Å². The molecule has 0 aromatic heterocycles. The van der Waals surface area contributed by atoms with Crippen LogP contribution < -0.4 is 0 Å². The van der Waals surface area contributed by atoms with E-state index in [1.165, 1.54) is 5.56 Å². The highest BCUT2D eigenvalue weighted by atomic mass is 16.7. The second kappa shape index (κ2) is 5.58. The molecule has 0 aliphatic carbocycles. The maximum absolute atomic E-state index is 5.14. The van der Waals surface area contributed by atoms with Crippen molar-refractivity contribution in [2.24, 2.45) is 0 Å². The average Bonchev–Trinajstić information content (AvgIpc) is 2.23. The summed E-state index contributed by atoms with van der Waals surface area (Å²) in [7, 11) is 3.26. The van der Waals surface area contributed by atoms with Crippen LogP contribution in [-0.2, 0) is 15.9 Å². The number of benzene rings is 1. The molecule has 0 radical (unpaired) electrons. The number of ether oxygens (including phenoxy) is 2. The SMILES string of the molecule is C=CCc1ccc(C(OC)OC)cc1. The van der Waals surface area contributed by atoms with Gasteiger partial charge in [-0.15, -0.1) is 6.58 Å². The summed E-state index contributed by atoms with van der Waals surface area (Å²) >= 11 is 0. The van der Waals surface area contributed by atoms with E-state index in [0.29, 0.717) is 0 Å². The van der Waals surface area contributed by atoms with Crippen molar-refractivity contribution >= 4 is 0 Å². The largest absolute Gasteiger partial charge is 0.352 e. The maximum Gasteiger partial charge on any atom is 0.183 e. The van der Waals surface area contributed by atoms with Gasteiger partial charge in [-0.3, -0.25) is 0 Å². The Labute approximate surface area is 85.2 Å². The van der Waals surface area contributed by atoms with Gasteiger partial charge < -0.3 is 9.47 Å². The van der Waals surface area contributed by atoms with Gasteiger partial charge in [0.1, 0.15) is 0 Å². The molecule has 0 unspecified atom stereocenters. The van der Waals surface area contributed by atoms with Gasteiger partial charge in [-0.25, -0.2) is 0 Å². The molecule has 1 aromatic carbocycles. The molecule has 0 N–H and O–H groups in total. The van der Waals surface area contributed by atoms with E-state index in [0.717, 1.165) is 12.0 Å². The molecule has 14 heavy (non-hydrogen) atoms. The first-order valence-electron chi connectivity index (χ1n) is 4.57. The van der Waals surface area contributed by atoms with Gasteiger partial charge in [0.2, 0.25) is 0 Å². The van der Waals surface area contributed by atoms with Crippen molar-refractivity contribution in [1.29, 1.82) is 0 Å². The molecule has 0 atom stereocenters. The van der Waals surface area contributed by atoms with Crippen LogP contribution in [0.2, 0.25) is 0 Å². The molecule has 0 saturated heterocycles. The number of hydrogen-bond donors (Lipinski definition) is 0. The standard InChI is InChI=1S/C12H16O2/c1-4-5-10-6-8-11(9-7-10)12(13-2)14-3/h4,6-9,12H,1,5H2,2-3H3. The van der Waals surface area contributed by atoms with Crippen LogP contribution >= 0.6 is 0 Å². The number of rotatable bonds is 5. The van der Waals surface area contributed by atoms with Crippen molar-refractivity contribution < 1.29 is 9.47 Å². The van der Waals surface area contributed by atoms with Gasteiger partial charge in [0.05, 0.1) is 0 Å². The van der Waals surface area contributed by atoms with Gasteiger partial charge >= 0.3 is 0 Å². The third-order valence-electron chi connectivity index (χ3n) is 2.06. The van der Waals surface area contributed by atoms with E-state index in [1.807, 2.05) is 18.2 Å². The Morgan fingerprint density at radius 1 is 1.21 bits per heavy atom. The van der Waals surface area contributed by atoms with Gasteiger partial charge in [-0.05, 0) is 12.0 Å². The summed E-state index contributed by atoms with van der Waals surface area (Å²) in [6.07, 6.45) is 2.51. The first-order chi connectivity index (χ1) is 6.81. The Hall–Kier alpha value is -1.12. The number of hydrogen-bond acceptors (Lipinski definition) is 2. The molecule has 0 aliphatic heterocycles. The first kappa shape index (κ1) is 11.0. The van der Waals surface area contributed by atoms with E-state index in [9.17, 15) is 0 Å². The fourth-order valence-corrected chi connectivity index (χ4v) is 1.35. The molecule has 0 bridgehead atoms. The maximum atomic E-state index is 5.14. The average molecular weight is 192 g/mol.